The summed E-state index contributed by atoms with van der Waals surface area (Å²) in [4.78, 5) is 2.51. The Labute approximate surface area is 103 Å². The molecule has 1 fully saturated rings. The normalized spacial score (nSPS) is 17.5. The fraction of sp³-hybridized carbons (Fsp3) is 0.692. The standard InChI is InChI=1S/C13H22N2O2/c16-11-13-5-4-12(17-13)10-14-6-9-15-7-2-1-3-8-15/h4-5,14,16H,1-3,6-11H2. The molecule has 96 valence electrons. The molecule has 0 atom stereocenters. The maximum Gasteiger partial charge on any atom is 0.129 e. The zero-order chi connectivity index (χ0) is 11.9. The average molecular weight is 238 g/mol. The molecule has 17 heavy (non-hydrogen) atoms. The maximum atomic E-state index is 8.87. The lowest BCUT2D eigenvalue weighted by Gasteiger charge is -2.26. The number of aliphatic hydroxyl groups excluding tert-OH is 1. The van der Waals surface area contributed by atoms with E-state index in [1.165, 1.54) is 32.4 Å². The van der Waals surface area contributed by atoms with Crippen molar-refractivity contribution in [1.29, 1.82) is 0 Å². The fourth-order valence-corrected chi connectivity index (χ4v) is 2.23. The Morgan fingerprint density at radius 3 is 2.65 bits per heavy atom. The van der Waals surface area contributed by atoms with Crippen LogP contribution >= 0.6 is 0 Å². The van der Waals surface area contributed by atoms with Crippen LogP contribution in [0.1, 0.15) is 30.8 Å². The van der Waals surface area contributed by atoms with Gasteiger partial charge < -0.3 is 19.7 Å². The summed E-state index contributed by atoms with van der Waals surface area (Å²) in [5.74, 6) is 1.53. The molecule has 1 aliphatic rings. The van der Waals surface area contributed by atoms with E-state index in [4.69, 9.17) is 9.52 Å². The maximum absolute atomic E-state index is 8.87. The Bertz CT molecular complexity index is 319. The zero-order valence-corrected chi connectivity index (χ0v) is 10.3. The van der Waals surface area contributed by atoms with E-state index in [2.05, 4.69) is 10.2 Å². The van der Waals surface area contributed by atoms with Crippen molar-refractivity contribution >= 4 is 0 Å². The lowest BCUT2D eigenvalue weighted by atomic mass is 10.1. The first-order chi connectivity index (χ1) is 8.38. The number of furan rings is 1. The lowest BCUT2D eigenvalue weighted by Crippen LogP contribution is -2.35. The van der Waals surface area contributed by atoms with Gasteiger partial charge in [0.25, 0.3) is 0 Å². The Balaban J connectivity index is 1.59. The molecule has 2 N–H and O–H groups in total. The summed E-state index contributed by atoms with van der Waals surface area (Å²) in [7, 11) is 0. The van der Waals surface area contributed by atoms with Gasteiger partial charge in [-0.15, -0.1) is 0 Å². The molecule has 1 aromatic rings. The van der Waals surface area contributed by atoms with E-state index >= 15 is 0 Å². The highest BCUT2D eigenvalue weighted by Gasteiger charge is 2.08. The predicted molar refractivity (Wildman–Crippen MR) is 66.6 cm³/mol. The Kier molecular flexibility index (Phi) is 5.04. The van der Waals surface area contributed by atoms with Gasteiger partial charge in [0.2, 0.25) is 0 Å². The number of hydrogen-bond acceptors (Lipinski definition) is 4. The van der Waals surface area contributed by atoms with Crippen LogP contribution in [-0.4, -0.2) is 36.2 Å². The summed E-state index contributed by atoms with van der Waals surface area (Å²) >= 11 is 0. The van der Waals surface area contributed by atoms with E-state index in [0.29, 0.717) is 5.76 Å². The SMILES string of the molecule is OCc1ccc(CNCCN2CCCCC2)o1. The van der Waals surface area contributed by atoms with Gasteiger partial charge in [-0.25, -0.2) is 0 Å². The van der Waals surface area contributed by atoms with Crippen molar-refractivity contribution in [2.75, 3.05) is 26.2 Å². The van der Waals surface area contributed by atoms with Crippen molar-refractivity contribution in [2.24, 2.45) is 0 Å². The van der Waals surface area contributed by atoms with Crippen LogP contribution in [0.25, 0.3) is 0 Å². The minimum atomic E-state index is -0.0201. The molecule has 1 aliphatic heterocycles. The molecule has 0 unspecified atom stereocenters. The van der Waals surface area contributed by atoms with Crippen molar-refractivity contribution in [3.63, 3.8) is 0 Å². The van der Waals surface area contributed by atoms with Gasteiger partial charge in [-0.2, -0.15) is 0 Å². The van der Waals surface area contributed by atoms with E-state index in [0.717, 1.165) is 25.4 Å². The van der Waals surface area contributed by atoms with Crippen molar-refractivity contribution < 1.29 is 9.52 Å². The molecule has 0 amide bonds. The van der Waals surface area contributed by atoms with Crippen LogP contribution in [0.4, 0.5) is 0 Å². The molecular weight excluding hydrogens is 216 g/mol. The van der Waals surface area contributed by atoms with Gasteiger partial charge in [-0.1, -0.05) is 6.42 Å². The van der Waals surface area contributed by atoms with Gasteiger partial charge in [0.05, 0.1) is 6.54 Å². The summed E-state index contributed by atoms with van der Waals surface area (Å²) in [6.07, 6.45) is 4.08. The lowest BCUT2D eigenvalue weighted by molar-refractivity contribution is 0.226. The third-order valence-electron chi connectivity index (χ3n) is 3.23. The number of nitrogens with one attached hydrogen (secondary N) is 1. The van der Waals surface area contributed by atoms with E-state index in [9.17, 15) is 0 Å². The quantitative estimate of drug-likeness (QED) is 0.734. The zero-order valence-electron chi connectivity index (χ0n) is 10.3. The number of piperidine rings is 1. The van der Waals surface area contributed by atoms with Gasteiger partial charge in [0.15, 0.2) is 0 Å². The molecular formula is C13H22N2O2. The van der Waals surface area contributed by atoms with Gasteiger partial charge in [0.1, 0.15) is 18.1 Å². The molecule has 4 heteroatoms. The summed E-state index contributed by atoms with van der Waals surface area (Å²) in [5.41, 5.74) is 0. The molecule has 0 radical (unpaired) electrons. The van der Waals surface area contributed by atoms with Crippen molar-refractivity contribution in [2.45, 2.75) is 32.4 Å². The topological polar surface area (TPSA) is 48.6 Å². The van der Waals surface area contributed by atoms with E-state index in [1.54, 1.807) is 0 Å². The Morgan fingerprint density at radius 1 is 1.18 bits per heavy atom. The predicted octanol–water partition coefficient (Wildman–Crippen LogP) is 1.35. The summed E-state index contributed by atoms with van der Waals surface area (Å²) in [6.45, 7) is 5.33. The number of likely N-dealkylation sites (tertiary alicyclic amines) is 1. The number of rotatable bonds is 6. The van der Waals surface area contributed by atoms with Crippen LogP contribution < -0.4 is 5.32 Å². The van der Waals surface area contributed by atoms with Crippen molar-refractivity contribution in [3.05, 3.63) is 23.7 Å². The number of nitrogens with zero attached hydrogens (tertiary/aromatic N) is 1. The summed E-state index contributed by atoms with van der Waals surface area (Å²) in [6, 6.07) is 3.74. The molecule has 0 aromatic carbocycles. The summed E-state index contributed by atoms with van der Waals surface area (Å²) in [5, 5.41) is 12.2. The van der Waals surface area contributed by atoms with Gasteiger partial charge in [0, 0.05) is 13.1 Å². The first-order valence-corrected chi connectivity index (χ1v) is 6.50. The largest absolute Gasteiger partial charge is 0.462 e. The Hall–Kier alpha value is -0.840. The van der Waals surface area contributed by atoms with Crippen LogP contribution in [0.15, 0.2) is 16.5 Å². The molecule has 4 nitrogen and oxygen atoms in total. The second kappa shape index (κ2) is 6.79. The second-order valence-electron chi connectivity index (χ2n) is 4.61. The molecule has 2 rings (SSSR count). The third kappa shape index (κ3) is 4.15. The highest BCUT2D eigenvalue weighted by molar-refractivity contribution is 5.05. The highest BCUT2D eigenvalue weighted by atomic mass is 16.4. The van der Waals surface area contributed by atoms with Crippen LogP contribution in [0, 0.1) is 0 Å². The first-order valence-electron chi connectivity index (χ1n) is 6.50. The van der Waals surface area contributed by atoms with Gasteiger partial charge >= 0.3 is 0 Å². The van der Waals surface area contributed by atoms with Crippen LogP contribution in [0.3, 0.4) is 0 Å². The van der Waals surface area contributed by atoms with E-state index in [1.807, 2.05) is 12.1 Å². The van der Waals surface area contributed by atoms with Gasteiger partial charge in [-0.3, -0.25) is 0 Å². The Morgan fingerprint density at radius 2 is 1.94 bits per heavy atom. The molecule has 0 bridgehead atoms. The molecule has 1 saturated heterocycles. The number of hydrogen-bond donors (Lipinski definition) is 2. The minimum Gasteiger partial charge on any atom is -0.462 e. The van der Waals surface area contributed by atoms with Crippen molar-refractivity contribution in [1.82, 2.24) is 10.2 Å². The average Bonchev–Trinajstić information content (AvgIpc) is 2.84. The minimum absolute atomic E-state index is 0.0201. The molecule has 1 aromatic heterocycles. The van der Waals surface area contributed by atoms with Crippen LogP contribution in [-0.2, 0) is 13.2 Å². The number of aliphatic hydroxyl groups is 1. The third-order valence-corrected chi connectivity index (χ3v) is 3.23. The second-order valence-corrected chi connectivity index (χ2v) is 4.61. The van der Waals surface area contributed by atoms with Crippen LogP contribution in [0.2, 0.25) is 0 Å². The molecule has 2 heterocycles. The van der Waals surface area contributed by atoms with E-state index in [-0.39, 0.29) is 6.61 Å². The molecule has 0 saturated carbocycles. The summed E-state index contributed by atoms with van der Waals surface area (Å²) < 4.78 is 5.40. The van der Waals surface area contributed by atoms with E-state index < -0.39 is 0 Å². The van der Waals surface area contributed by atoms with Crippen molar-refractivity contribution in [3.8, 4) is 0 Å². The smallest absolute Gasteiger partial charge is 0.129 e. The highest BCUT2D eigenvalue weighted by Crippen LogP contribution is 2.08. The molecule has 0 spiro atoms. The fourth-order valence-electron chi connectivity index (χ4n) is 2.23. The van der Waals surface area contributed by atoms with Crippen LogP contribution in [0.5, 0.6) is 0 Å². The first kappa shape index (κ1) is 12.6. The monoisotopic (exact) mass is 238 g/mol. The van der Waals surface area contributed by atoms with Gasteiger partial charge in [-0.05, 0) is 38.1 Å². The molecule has 0 aliphatic carbocycles.